The van der Waals surface area contributed by atoms with E-state index in [1.165, 1.54) is 71.6 Å². The first-order chi connectivity index (χ1) is 14.4. The molecule has 1 unspecified atom stereocenters. The summed E-state index contributed by atoms with van der Waals surface area (Å²) in [5.74, 6) is -2.30. The Hall–Kier alpha value is -0.610. The Morgan fingerprint density at radius 3 is 2.00 bits per heavy atom. The molecule has 4 nitrogen and oxygen atoms in total. The van der Waals surface area contributed by atoms with Crippen molar-refractivity contribution >= 4 is 5.97 Å². The third kappa shape index (κ3) is 12.7. The van der Waals surface area contributed by atoms with Gasteiger partial charge in [0.15, 0.2) is 5.79 Å². The van der Waals surface area contributed by atoms with Crippen LogP contribution in [0.4, 0.5) is 0 Å². The lowest BCUT2D eigenvalue weighted by Crippen LogP contribution is -2.25. The molecule has 1 heterocycles. The minimum atomic E-state index is -2.99. The van der Waals surface area contributed by atoms with Gasteiger partial charge in [-0.3, -0.25) is 4.79 Å². The maximum absolute atomic E-state index is 12.1. The zero-order valence-electron chi connectivity index (χ0n) is 22.0. The van der Waals surface area contributed by atoms with Crippen LogP contribution in [-0.4, -0.2) is 31.0 Å². The van der Waals surface area contributed by atoms with Gasteiger partial charge in [0.2, 0.25) is 0 Å². The third-order valence-electron chi connectivity index (χ3n) is 4.48. The number of hydrogen-bond acceptors (Lipinski definition) is 4. The van der Waals surface area contributed by atoms with Crippen molar-refractivity contribution in [2.75, 3.05) is 13.1 Å². The Balaban J connectivity index is 2.17. The molecule has 26 heavy (non-hydrogen) atoms. The fourth-order valence-electron chi connectivity index (χ4n) is 2.94. The first-order valence-corrected chi connectivity index (χ1v) is 10.5. The van der Waals surface area contributed by atoms with Gasteiger partial charge in [-0.2, -0.15) is 0 Å². The van der Waals surface area contributed by atoms with Crippen molar-refractivity contribution in [1.82, 2.24) is 0 Å². The van der Waals surface area contributed by atoms with Gasteiger partial charge in [-0.05, 0) is 20.3 Å². The number of ether oxygens (including phenoxy) is 3. The van der Waals surface area contributed by atoms with Crippen LogP contribution < -0.4 is 0 Å². The molecule has 1 atom stereocenters. The number of rotatable bonds is 16. The monoisotopic (exact) mass is 375 g/mol. The highest BCUT2D eigenvalue weighted by Gasteiger charge is 2.33. The summed E-state index contributed by atoms with van der Waals surface area (Å²) in [6.07, 6.45) is 12.5. The highest BCUT2D eigenvalue weighted by molar-refractivity contribution is 5.69. The molecular weight excluding hydrogens is 328 g/mol. The third-order valence-corrected chi connectivity index (χ3v) is 4.48. The molecule has 1 fully saturated rings. The second-order valence-corrected chi connectivity index (χ2v) is 7.60. The summed E-state index contributed by atoms with van der Waals surface area (Å²) in [5.41, 5.74) is 0. The summed E-state index contributed by atoms with van der Waals surface area (Å²) >= 11 is 0. The molecule has 1 aliphatic rings. The summed E-state index contributed by atoms with van der Waals surface area (Å²) in [7, 11) is 0. The molecule has 0 N–H and O–H groups in total. The number of carbonyl (C=O) groups is 1. The van der Waals surface area contributed by atoms with Gasteiger partial charge in [0.05, 0.1) is 13.4 Å². The highest BCUT2D eigenvalue weighted by atomic mass is 16.7. The molecule has 154 valence electrons. The Morgan fingerprint density at radius 1 is 1.04 bits per heavy atom. The SMILES string of the molecule is [2H]C([2H])(OC(=O)CCCCCCCCCCCCCCC)C1([2H])OC(C)(C)OC1([2H])[2H]. The lowest BCUT2D eigenvalue weighted by atomic mass is 10.0. The molecule has 0 radical (unpaired) electrons. The minimum Gasteiger partial charge on any atom is -0.463 e. The standard InChI is InChI=1S/C22H42O4/c1-4-5-6-7-8-9-10-11-12-13-14-15-16-17-21(23)24-18-20-19-25-22(2,3)26-20/h20H,4-19H2,1-3H3/i18D2,19D2,20D. The first kappa shape index (κ1) is 16.4. The number of hydrogen-bond donors (Lipinski definition) is 0. The highest BCUT2D eigenvalue weighted by Crippen LogP contribution is 2.22. The molecular formula is C22H42O4. The van der Waals surface area contributed by atoms with Crippen LogP contribution in [0.1, 0.15) is 118 Å². The van der Waals surface area contributed by atoms with Crippen molar-refractivity contribution in [3.63, 3.8) is 0 Å². The first-order valence-electron chi connectivity index (χ1n) is 13.0. The molecule has 0 amide bonds. The van der Waals surface area contributed by atoms with E-state index in [0.29, 0.717) is 6.42 Å². The largest absolute Gasteiger partial charge is 0.463 e. The van der Waals surface area contributed by atoms with Gasteiger partial charge < -0.3 is 14.2 Å². The Kier molecular flexibility index (Phi) is 9.09. The van der Waals surface area contributed by atoms with Crippen LogP contribution in [0.15, 0.2) is 0 Å². The van der Waals surface area contributed by atoms with Crippen LogP contribution in [0.5, 0.6) is 0 Å². The zero-order valence-corrected chi connectivity index (χ0v) is 17.0. The van der Waals surface area contributed by atoms with Gasteiger partial charge in [0, 0.05) is 6.42 Å². The summed E-state index contributed by atoms with van der Waals surface area (Å²) < 4.78 is 54.6. The van der Waals surface area contributed by atoms with Crippen LogP contribution in [-0.2, 0) is 19.0 Å². The average Bonchev–Trinajstić information content (AvgIpc) is 2.82. The maximum atomic E-state index is 12.1. The van der Waals surface area contributed by atoms with E-state index in [0.717, 1.165) is 19.3 Å². The van der Waals surface area contributed by atoms with Crippen LogP contribution in [0.2, 0.25) is 0 Å². The van der Waals surface area contributed by atoms with E-state index in [2.05, 4.69) is 6.92 Å². The number of carbonyl (C=O) groups excluding carboxylic acids is 1. The Bertz CT molecular complexity index is 542. The van der Waals surface area contributed by atoms with E-state index < -0.39 is 31.0 Å². The summed E-state index contributed by atoms with van der Waals surface area (Å²) in [5, 5.41) is 0. The van der Waals surface area contributed by atoms with E-state index >= 15 is 0 Å². The van der Waals surface area contributed by atoms with Crippen molar-refractivity contribution in [1.29, 1.82) is 0 Å². The lowest BCUT2D eigenvalue weighted by Gasteiger charge is -2.16. The van der Waals surface area contributed by atoms with Crippen molar-refractivity contribution < 1.29 is 25.9 Å². The second-order valence-electron chi connectivity index (χ2n) is 7.60. The molecule has 0 aromatic carbocycles. The second kappa shape index (κ2) is 14.4. The molecule has 1 aliphatic heterocycles. The molecule has 1 saturated heterocycles. The predicted octanol–water partition coefficient (Wildman–Crippen LogP) is 6.16. The van der Waals surface area contributed by atoms with Crippen molar-refractivity contribution in [3.05, 3.63) is 0 Å². The van der Waals surface area contributed by atoms with Gasteiger partial charge in [-0.1, -0.05) is 84.0 Å². The van der Waals surface area contributed by atoms with E-state index in [9.17, 15) is 4.79 Å². The molecule has 0 aromatic heterocycles. The van der Waals surface area contributed by atoms with Crippen molar-refractivity contribution in [2.24, 2.45) is 0 Å². The van der Waals surface area contributed by atoms with Crippen molar-refractivity contribution in [2.45, 2.75) is 123 Å². The molecule has 0 spiro atoms. The minimum absolute atomic E-state index is 0.0284. The summed E-state index contributed by atoms with van der Waals surface area (Å²) in [6, 6.07) is 0. The molecule has 1 rings (SSSR count). The van der Waals surface area contributed by atoms with E-state index in [4.69, 9.17) is 21.1 Å². The smallest absolute Gasteiger partial charge is 0.305 e. The molecule has 0 saturated carbocycles. The van der Waals surface area contributed by atoms with Crippen LogP contribution >= 0.6 is 0 Å². The van der Waals surface area contributed by atoms with E-state index in [1.54, 1.807) is 0 Å². The fourth-order valence-corrected chi connectivity index (χ4v) is 2.94. The molecule has 0 bridgehead atoms. The number of unbranched alkanes of at least 4 members (excludes halogenated alkanes) is 12. The average molecular weight is 376 g/mol. The van der Waals surface area contributed by atoms with Crippen LogP contribution in [0.25, 0.3) is 0 Å². The zero-order chi connectivity index (χ0) is 23.6. The van der Waals surface area contributed by atoms with Gasteiger partial charge in [-0.15, -0.1) is 0 Å². The van der Waals surface area contributed by atoms with Gasteiger partial charge in [-0.25, -0.2) is 0 Å². The quantitative estimate of drug-likeness (QED) is 0.239. The molecule has 4 heteroatoms. The topological polar surface area (TPSA) is 44.8 Å². The maximum Gasteiger partial charge on any atom is 0.305 e. The van der Waals surface area contributed by atoms with Gasteiger partial charge >= 0.3 is 5.97 Å². The fraction of sp³-hybridized carbons (Fsp3) is 0.955. The summed E-state index contributed by atoms with van der Waals surface area (Å²) in [4.78, 5) is 12.1. The molecule has 0 aromatic rings. The molecule has 0 aliphatic carbocycles. The van der Waals surface area contributed by atoms with Gasteiger partial charge in [0.25, 0.3) is 0 Å². The van der Waals surface area contributed by atoms with E-state index in [1.807, 2.05) is 0 Å². The Labute approximate surface area is 168 Å². The van der Waals surface area contributed by atoms with Crippen molar-refractivity contribution in [3.8, 4) is 0 Å². The van der Waals surface area contributed by atoms with E-state index in [-0.39, 0.29) is 6.42 Å². The van der Waals surface area contributed by atoms with Crippen LogP contribution in [0, 0.1) is 0 Å². The number of esters is 1. The summed E-state index contributed by atoms with van der Waals surface area (Å²) in [6.45, 7) is -0.761. The normalized spacial score (nSPS) is 27.1. The van der Waals surface area contributed by atoms with Gasteiger partial charge in [0.1, 0.15) is 12.6 Å². The van der Waals surface area contributed by atoms with Crippen LogP contribution in [0.3, 0.4) is 0 Å². The Morgan fingerprint density at radius 2 is 1.54 bits per heavy atom. The lowest BCUT2D eigenvalue weighted by molar-refractivity contribution is -0.158. The predicted molar refractivity (Wildman–Crippen MR) is 106 cm³/mol.